The number of hydrogen-bond donors (Lipinski definition) is 2. The Labute approximate surface area is 112 Å². The Bertz CT molecular complexity index is 617. The molecule has 0 radical (unpaired) electrons. The van der Waals surface area contributed by atoms with Crippen LogP contribution in [0.2, 0.25) is 0 Å². The Balaban J connectivity index is 2.26. The van der Waals surface area contributed by atoms with Gasteiger partial charge in [-0.2, -0.15) is 5.26 Å². The van der Waals surface area contributed by atoms with Gasteiger partial charge < -0.3 is 15.8 Å². The van der Waals surface area contributed by atoms with E-state index in [1.54, 1.807) is 12.1 Å². The van der Waals surface area contributed by atoms with Crippen molar-refractivity contribution < 1.29 is 4.74 Å². The molecule has 4 nitrogen and oxygen atoms in total. The molecule has 2 aromatic carbocycles. The van der Waals surface area contributed by atoms with Crippen LogP contribution in [0.1, 0.15) is 12.5 Å². The van der Waals surface area contributed by atoms with Gasteiger partial charge in [-0.1, -0.05) is 12.1 Å². The van der Waals surface area contributed by atoms with E-state index in [-0.39, 0.29) is 0 Å². The van der Waals surface area contributed by atoms with Crippen LogP contribution in [0.15, 0.2) is 42.5 Å². The van der Waals surface area contributed by atoms with Gasteiger partial charge in [0.1, 0.15) is 11.8 Å². The molecule has 0 unspecified atom stereocenters. The second-order valence-electron chi connectivity index (χ2n) is 3.97. The van der Waals surface area contributed by atoms with Crippen molar-refractivity contribution in [1.82, 2.24) is 0 Å². The summed E-state index contributed by atoms with van der Waals surface area (Å²) in [5, 5.41) is 12.1. The molecule has 0 saturated carbocycles. The third kappa shape index (κ3) is 2.96. The third-order valence-corrected chi connectivity index (χ3v) is 2.64. The molecule has 4 heteroatoms. The number of anilines is 3. The molecule has 19 heavy (non-hydrogen) atoms. The molecular formula is C15H15N3O. The van der Waals surface area contributed by atoms with Crippen molar-refractivity contribution in [3.05, 3.63) is 48.0 Å². The van der Waals surface area contributed by atoms with Gasteiger partial charge in [-0.15, -0.1) is 0 Å². The highest BCUT2D eigenvalue weighted by Gasteiger charge is 2.04. The van der Waals surface area contributed by atoms with Crippen molar-refractivity contribution in [2.75, 3.05) is 17.7 Å². The van der Waals surface area contributed by atoms with E-state index in [9.17, 15) is 0 Å². The molecule has 2 aromatic rings. The van der Waals surface area contributed by atoms with E-state index in [0.717, 1.165) is 17.1 Å². The van der Waals surface area contributed by atoms with Crippen LogP contribution in [0.4, 0.5) is 17.1 Å². The summed E-state index contributed by atoms with van der Waals surface area (Å²) in [7, 11) is 0. The Morgan fingerprint density at radius 1 is 1.26 bits per heavy atom. The fraction of sp³-hybridized carbons (Fsp3) is 0.133. The summed E-state index contributed by atoms with van der Waals surface area (Å²) in [6.45, 7) is 2.55. The average molecular weight is 253 g/mol. The molecule has 0 aromatic heterocycles. The molecule has 3 N–H and O–H groups in total. The first-order valence-electron chi connectivity index (χ1n) is 6.03. The molecule has 0 amide bonds. The van der Waals surface area contributed by atoms with Gasteiger partial charge in [-0.3, -0.25) is 0 Å². The summed E-state index contributed by atoms with van der Waals surface area (Å²) in [6.07, 6.45) is 0. The molecule has 2 rings (SSSR count). The largest absolute Gasteiger partial charge is 0.492 e. The quantitative estimate of drug-likeness (QED) is 0.820. The first-order chi connectivity index (χ1) is 9.24. The highest BCUT2D eigenvalue weighted by atomic mass is 16.5. The molecule has 0 fully saturated rings. The number of nitrogens with one attached hydrogen (secondary N) is 1. The zero-order valence-corrected chi connectivity index (χ0v) is 10.7. The van der Waals surface area contributed by atoms with Crippen molar-refractivity contribution in [2.45, 2.75) is 6.92 Å². The predicted molar refractivity (Wildman–Crippen MR) is 76.5 cm³/mol. The fourth-order valence-corrected chi connectivity index (χ4v) is 1.75. The van der Waals surface area contributed by atoms with Gasteiger partial charge >= 0.3 is 0 Å². The van der Waals surface area contributed by atoms with E-state index >= 15 is 0 Å². The lowest BCUT2D eigenvalue weighted by Gasteiger charge is -2.12. The fourth-order valence-electron chi connectivity index (χ4n) is 1.75. The summed E-state index contributed by atoms with van der Waals surface area (Å²) in [6, 6.07) is 15.0. The number of para-hydroxylation sites is 2. The van der Waals surface area contributed by atoms with Gasteiger partial charge in [0.15, 0.2) is 0 Å². The van der Waals surface area contributed by atoms with Crippen LogP contribution >= 0.6 is 0 Å². The smallest absolute Gasteiger partial charge is 0.142 e. The second-order valence-corrected chi connectivity index (χ2v) is 3.97. The number of ether oxygens (including phenoxy) is 1. The van der Waals surface area contributed by atoms with E-state index in [2.05, 4.69) is 5.32 Å². The average Bonchev–Trinajstić information content (AvgIpc) is 2.41. The molecule has 0 atom stereocenters. The summed E-state index contributed by atoms with van der Waals surface area (Å²) >= 11 is 0. The van der Waals surface area contributed by atoms with E-state index in [1.807, 2.05) is 43.3 Å². The Hall–Kier alpha value is -2.67. The number of hydrogen-bond acceptors (Lipinski definition) is 4. The van der Waals surface area contributed by atoms with Crippen LogP contribution < -0.4 is 15.8 Å². The Morgan fingerprint density at radius 3 is 2.74 bits per heavy atom. The normalized spacial score (nSPS) is 9.68. The zero-order valence-electron chi connectivity index (χ0n) is 10.7. The number of nitrogens with two attached hydrogens (primary N) is 1. The minimum Gasteiger partial charge on any atom is -0.492 e. The van der Waals surface area contributed by atoms with Crippen LogP contribution in [0.25, 0.3) is 0 Å². The van der Waals surface area contributed by atoms with Crippen molar-refractivity contribution >= 4 is 17.1 Å². The molecule has 0 aliphatic carbocycles. The SMILES string of the molecule is CCOc1ccccc1Nc1ccc(C#N)c(N)c1. The monoisotopic (exact) mass is 253 g/mol. The highest BCUT2D eigenvalue weighted by Crippen LogP contribution is 2.28. The number of nitrogens with zero attached hydrogens (tertiary/aromatic N) is 1. The Morgan fingerprint density at radius 2 is 2.05 bits per heavy atom. The highest BCUT2D eigenvalue weighted by molar-refractivity contribution is 5.70. The lowest BCUT2D eigenvalue weighted by Crippen LogP contribution is -1.98. The second kappa shape index (κ2) is 5.78. The molecule has 0 spiro atoms. The van der Waals surface area contributed by atoms with Gasteiger partial charge in [0.2, 0.25) is 0 Å². The van der Waals surface area contributed by atoms with E-state index in [1.165, 1.54) is 0 Å². The van der Waals surface area contributed by atoms with Crippen molar-refractivity contribution in [2.24, 2.45) is 0 Å². The van der Waals surface area contributed by atoms with Crippen molar-refractivity contribution in [3.63, 3.8) is 0 Å². The number of nitriles is 1. The molecule has 0 aliphatic rings. The van der Waals surface area contributed by atoms with Gasteiger partial charge in [0.25, 0.3) is 0 Å². The first kappa shape index (κ1) is 12.8. The summed E-state index contributed by atoms with van der Waals surface area (Å²) in [5.74, 6) is 0.785. The predicted octanol–water partition coefficient (Wildman–Crippen LogP) is 3.28. The Kier molecular flexibility index (Phi) is 3.89. The molecular weight excluding hydrogens is 238 g/mol. The van der Waals surface area contributed by atoms with Crippen LogP contribution in [-0.4, -0.2) is 6.61 Å². The number of benzene rings is 2. The van der Waals surface area contributed by atoms with Gasteiger partial charge in [0.05, 0.1) is 23.5 Å². The molecule has 0 saturated heterocycles. The zero-order chi connectivity index (χ0) is 13.7. The summed E-state index contributed by atoms with van der Waals surface area (Å²) in [4.78, 5) is 0. The molecule has 0 bridgehead atoms. The van der Waals surface area contributed by atoms with E-state index in [0.29, 0.717) is 17.9 Å². The number of nitrogen functional groups attached to an aromatic ring is 1. The third-order valence-electron chi connectivity index (χ3n) is 2.64. The van der Waals surface area contributed by atoms with E-state index in [4.69, 9.17) is 15.7 Å². The van der Waals surface area contributed by atoms with Crippen LogP contribution in [0.5, 0.6) is 5.75 Å². The van der Waals surface area contributed by atoms with Crippen LogP contribution in [0.3, 0.4) is 0 Å². The van der Waals surface area contributed by atoms with Gasteiger partial charge in [-0.05, 0) is 37.3 Å². The lowest BCUT2D eigenvalue weighted by molar-refractivity contribution is 0.342. The number of rotatable bonds is 4. The topological polar surface area (TPSA) is 71.1 Å². The summed E-state index contributed by atoms with van der Waals surface area (Å²) in [5.41, 5.74) is 8.42. The maximum atomic E-state index is 8.84. The maximum absolute atomic E-state index is 8.84. The molecule has 0 heterocycles. The maximum Gasteiger partial charge on any atom is 0.142 e. The lowest BCUT2D eigenvalue weighted by atomic mass is 10.1. The summed E-state index contributed by atoms with van der Waals surface area (Å²) < 4.78 is 5.54. The van der Waals surface area contributed by atoms with E-state index < -0.39 is 0 Å². The van der Waals surface area contributed by atoms with Crippen LogP contribution in [0, 0.1) is 11.3 Å². The molecule has 0 aliphatic heterocycles. The van der Waals surface area contributed by atoms with Crippen molar-refractivity contribution in [3.8, 4) is 11.8 Å². The standard InChI is InChI=1S/C15H15N3O/c1-2-19-15-6-4-3-5-14(15)18-12-8-7-11(10-16)13(17)9-12/h3-9,18H,2,17H2,1H3. The minimum atomic E-state index is 0.460. The minimum absolute atomic E-state index is 0.460. The van der Waals surface area contributed by atoms with Gasteiger partial charge in [0, 0.05) is 5.69 Å². The van der Waals surface area contributed by atoms with Crippen molar-refractivity contribution in [1.29, 1.82) is 5.26 Å². The molecule has 96 valence electrons. The van der Waals surface area contributed by atoms with Gasteiger partial charge in [-0.25, -0.2) is 0 Å². The van der Waals surface area contributed by atoms with Crippen LogP contribution in [-0.2, 0) is 0 Å². The first-order valence-corrected chi connectivity index (χ1v) is 6.03.